The van der Waals surface area contributed by atoms with Crippen LogP contribution in [0.1, 0.15) is 22.3 Å². The fourth-order valence-electron chi connectivity index (χ4n) is 8.12. The van der Waals surface area contributed by atoms with E-state index < -0.39 is 0 Å². The van der Waals surface area contributed by atoms with Crippen LogP contribution in [-0.2, 0) is 12.8 Å². The largest absolute Gasteiger partial charge is 0.256 e. The lowest BCUT2D eigenvalue weighted by molar-refractivity contribution is 1.35. The molecule has 48 heavy (non-hydrogen) atoms. The van der Waals surface area contributed by atoms with Crippen molar-refractivity contribution >= 4 is 87.8 Å². The lowest BCUT2D eigenvalue weighted by atomic mass is 9.91. The summed E-state index contributed by atoms with van der Waals surface area (Å²) in [7, 11) is 0. The molecule has 5 heterocycles. The molecule has 9 aromatic rings. The third-order valence-corrected chi connectivity index (χ3v) is 10.2. The Labute approximate surface area is 275 Å². The Hall–Kier alpha value is -6.33. The molecular formula is C43H25N5. The predicted octanol–water partition coefficient (Wildman–Crippen LogP) is 10.1. The number of pyridine rings is 3. The van der Waals surface area contributed by atoms with E-state index in [1.807, 2.05) is 36.8 Å². The second-order valence-corrected chi connectivity index (χ2v) is 12.8. The van der Waals surface area contributed by atoms with Gasteiger partial charge in [-0.15, -0.1) is 0 Å². The van der Waals surface area contributed by atoms with Crippen molar-refractivity contribution in [3.63, 3.8) is 0 Å². The standard InChI is InChI=1S/C43H25N5/c1-2-11-29-28(10-1)39-30(14-5-17-44-39)35-22-37(47-40(29)35)26-12-3-8-24-21-34-25(20-33(24)26)9-4-13-27(34)38-23-36-31-15-6-18-45-42(31)43-32(41(36)48-38)16-7-19-46-43/h1-21H,22-23H2. The minimum atomic E-state index is 0.755. The Morgan fingerprint density at radius 1 is 0.375 bits per heavy atom. The van der Waals surface area contributed by atoms with Crippen LogP contribution in [0.15, 0.2) is 138 Å². The molecule has 0 amide bonds. The van der Waals surface area contributed by atoms with Gasteiger partial charge in [0.2, 0.25) is 0 Å². The first-order valence-electron chi connectivity index (χ1n) is 16.3. The van der Waals surface area contributed by atoms with Crippen LogP contribution in [0.2, 0.25) is 0 Å². The molecule has 0 saturated carbocycles. The van der Waals surface area contributed by atoms with Crippen molar-refractivity contribution in [3.05, 3.63) is 150 Å². The molecule has 0 radical (unpaired) electrons. The number of rotatable bonds is 2. The highest BCUT2D eigenvalue weighted by molar-refractivity contribution is 6.25. The van der Waals surface area contributed by atoms with E-state index in [-0.39, 0.29) is 0 Å². The van der Waals surface area contributed by atoms with Crippen LogP contribution >= 0.6 is 0 Å². The minimum absolute atomic E-state index is 0.755. The van der Waals surface area contributed by atoms with Gasteiger partial charge in [-0.2, -0.15) is 0 Å². The molecule has 0 N–H and O–H groups in total. The molecule has 2 aliphatic heterocycles. The molecule has 5 heteroatoms. The van der Waals surface area contributed by atoms with E-state index in [1.54, 1.807) is 0 Å². The number of benzene rings is 6. The molecule has 222 valence electrons. The molecular weight excluding hydrogens is 587 g/mol. The minimum Gasteiger partial charge on any atom is -0.256 e. The average molecular weight is 612 g/mol. The van der Waals surface area contributed by atoms with Crippen LogP contribution in [0.5, 0.6) is 0 Å². The van der Waals surface area contributed by atoms with Crippen molar-refractivity contribution in [2.75, 3.05) is 0 Å². The third-order valence-electron chi connectivity index (χ3n) is 10.2. The van der Waals surface area contributed by atoms with Gasteiger partial charge in [0.05, 0.1) is 39.3 Å². The van der Waals surface area contributed by atoms with Gasteiger partial charge in [0.25, 0.3) is 0 Å². The van der Waals surface area contributed by atoms with Crippen LogP contribution in [0.3, 0.4) is 0 Å². The quantitative estimate of drug-likeness (QED) is 0.144. The lowest BCUT2D eigenvalue weighted by Crippen LogP contribution is -2.03. The maximum Gasteiger partial charge on any atom is 0.0986 e. The second kappa shape index (κ2) is 9.60. The Morgan fingerprint density at radius 2 is 0.854 bits per heavy atom. The van der Waals surface area contributed by atoms with E-state index in [0.29, 0.717) is 0 Å². The van der Waals surface area contributed by atoms with Crippen LogP contribution in [0.25, 0.3) is 65.0 Å². The summed E-state index contributed by atoms with van der Waals surface area (Å²) in [5.74, 6) is 0. The number of nitrogens with zero attached hydrogens (tertiary/aromatic N) is 5. The molecule has 0 spiro atoms. The summed E-state index contributed by atoms with van der Waals surface area (Å²) in [5, 5.41) is 10.5. The van der Waals surface area contributed by atoms with Crippen LogP contribution in [0.4, 0.5) is 11.4 Å². The highest BCUT2D eigenvalue weighted by Crippen LogP contribution is 2.44. The molecule has 11 rings (SSSR count). The average Bonchev–Trinajstić information content (AvgIpc) is 3.80. The van der Waals surface area contributed by atoms with E-state index in [9.17, 15) is 0 Å². The van der Waals surface area contributed by atoms with Crippen molar-refractivity contribution < 1.29 is 0 Å². The van der Waals surface area contributed by atoms with Crippen LogP contribution in [-0.4, -0.2) is 26.4 Å². The number of aromatic nitrogens is 3. The third kappa shape index (κ3) is 3.53. The maximum atomic E-state index is 5.34. The van der Waals surface area contributed by atoms with E-state index in [2.05, 4.69) is 91.0 Å². The highest BCUT2D eigenvalue weighted by Gasteiger charge is 2.26. The summed E-state index contributed by atoms with van der Waals surface area (Å²) in [6.45, 7) is 0. The monoisotopic (exact) mass is 611 g/mol. The molecule has 0 saturated heterocycles. The van der Waals surface area contributed by atoms with Crippen LogP contribution in [0, 0.1) is 0 Å². The Bertz CT molecular complexity index is 2750. The fraction of sp³-hybridized carbons (Fsp3) is 0.0465. The van der Waals surface area contributed by atoms with Gasteiger partial charge in [0.15, 0.2) is 0 Å². The normalized spacial score (nSPS) is 13.9. The molecule has 0 atom stereocenters. The van der Waals surface area contributed by atoms with Gasteiger partial charge >= 0.3 is 0 Å². The number of fused-ring (bicyclic) bond motifs is 14. The summed E-state index contributed by atoms with van der Waals surface area (Å²) in [5.41, 5.74) is 12.0. The van der Waals surface area contributed by atoms with Gasteiger partial charge in [-0.05, 0) is 69.1 Å². The molecule has 0 aliphatic carbocycles. The first-order chi connectivity index (χ1) is 23.8. The van der Waals surface area contributed by atoms with Crippen molar-refractivity contribution in [1.29, 1.82) is 0 Å². The SMILES string of the molecule is c1cc(C2=Nc3c(c4cccnc4c4ccccc34)C2)c2cc3cccc(C4=Nc5c(c6cccnc6c6ncccc56)C4)c3cc2c1. The Kier molecular flexibility index (Phi) is 5.16. The zero-order valence-electron chi connectivity index (χ0n) is 25.8. The molecule has 2 aliphatic rings. The topological polar surface area (TPSA) is 63.4 Å². The Balaban J connectivity index is 1.07. The first-order valence-corrected chi connectivity index (χ1v) is 16.3. The van der Waals surface area contributed by atoms with E-state index in [4.69, 9.17) is 24.9 Å². The summed E-state index contributed by atoms with van der Waals surface area (Å²) in [6.07, 6.45) is 7.10. The van der Waals surface area contributed by atoms with Crippen molar-refractivity contribution in [3.8, 4) is 0 Å². The lowest BCUT2D eigenvalue weighted by Gasteiger charge is -2.12. The fourth-order valence-corrected chi connectivity index (χ4v) is 8.12. The van der Waals surface area contributed by atoms with E-state index in [1.165, 1.54) is 49.2 Å². The number of hydrogen-bond acceptors (Lipinski definition) is 5. The van der Waals surface area contributed by atoms with Gasteiger partial charge in [-0.3, -0.25) is 24.9 Å². The molecule has 5 nitrogen and oxygen atoms in total. The van der Waals surface area contributed by atoms with Gasteiger partial charge in [0, 0.05) is 69.5 Å². The first kappa shape index (κ1) is 25.8. The van der Waals surface area contributed by atoms with Crippen molar-refractivity contribution in [2.24, 2.45) is 9.98 Å². The highest BCUT2D eigenvalue weighted by atomic mass is 14.8. The van der Waals surface area contributed by atoms with Gasteiger partial charge in [-0.1, -0.05) is 72.8 Å². The summed E-state index contributed by atoms with van der Waals surface area (Å²) < 4.78 is 0. The maximum absolute atomic E-state index is 5.34. The summed E-state index contributed by atoms with van der Waals surface area (Å²) >= 11 is 0. The molecule has 3 aromatic heterocycles. The zero-order chi connectivity index (χ0) is 31.3. The van der Waals surface area contributed by atoms with Crippen molar-refractivity contribution in [2.45, 2.75) is 12.8 Å². The molecule has 0 bridgehead atoms. The smallest absolute Gasteiger partial charge is 0.0986 e. The number of hydrogen-bond donors (Lipinski definition) is 0. The summed E-state index contributed by atoms with van der Waals surface area (Å²) in [6, 6.07) is 38.9. The number of aliphatic imine (C=N–C) groups is 2. The van der Waals surface area contributed by atoms with E-state index >= 15 is 0 Å². The van der Waals surface area contributed by atoms with Crippen molar-refractivity contribution in [1.82, 2.24) is 15.0 Å². The molecule has 0 fully saturated rings. The predicted molar refractivity (Wildman–Crippen MR) is 198 cm³/mol. The van der Waals surface area contributed by atoms with E-state index in [0.717, 1.165) is 73.7 Å². The Morgan fingerprint density at radius 3 is 1.48 bits per heavy atom. The van der Waals surface area contributed by atoms with Gasteiger partial charge in [-0.25, -0.2) is 0 Å². The second-order valence-electron chi connectivity index (χ2n) is 12.8. The van der Waals surface area contributed by atoms with Gasteiger partial charge in [0.1, 0.15) is 0 Å². The summed E-state index contributed by atoms with van der Waals surface area (Å²) in [4.78, 5) is 24.9. The molecule has 6 aromatic carbocycles. The van der Waals surface area contributed by atoms with Gasteiger partial charge < -0.3 is 0 Å². The molecule has 0 unspecified atom stereocenters. The van der Waals surface area contributed by atoms with Crippen LogP contribution < -0.4 is 0 Å². The zero-order valence-corrected chi connectivity index (χ0v) is 25.8.